The lowest BCUT2D eigenvalue weighted by Gasteiger charge is -2.11. The molecule has 0 spiro atoms. The van der Waals surface area contributed by atoms with Gasteiger partial charge in [-0.1, -0.05) is 17.7 Å². The van der Waals surface area contributed by atoms with Crippen LogP contribution in [0.5, 0.6) is 0 Å². The quantitative estimate of drug-likeness (QED) is 0.767. The van der Waals surface area contributed by atoms with E-state index < -0.39 is 5.82 Å². The molecule has 2 aromatic heterocycles. The highest BCUT2D eigenvalue weighted by molar-refractivity contribution is 6.32. The molecule has 0 saturated carbocycles. The number of para-hydroxylation sites is 1. The number of anilines is 3. The first-order valence-corrected chi connectivity index (χ1v) is 6.69. The van der Waals surface area contributed by atoms with Crippen LogP contribution in [0, 0.1) is 12.7 Å². The fraction of sp³-hybridized carbons (Fsp3) is 0.0714. The van der Waals surface area contributed by atoms with Crippen molar-refractivity contribution in [2.75, 3.05) is 11.1 Å². The van der Waals surface area contributed by atoms with E-state index in [-0.39, 0.29) is 28.4 Å². The summed E-state index contributed by atoms with van der Waals surface area (Å²) < 4.78 is 19.7. The van der Waals surface area contributed by atoms with Crippen LogP contribution < -0.4 is 11.1 Å². The van der Waals surface area contributed by atoms with Crippen LogP contribution in [-0.4, -0.2) is 15.0 Å². The van der Waals surface area contributed by atoms with Crippen molar-refractivity contribution < 1.29 is 8.81 Å². The Morgan fingerprint density at radius 3 is 2.82 bits per heavy atom. The first-order valence-electron chi connectivity index (χ1n) is 6.31. The maximum atomic E-state index is 14.2. The summed E-state index contributed by atoms with van der Waals surface area (Å²) in [4.78, 5) is 11.8. The maximum absolute atomic E-state index is 14.2. The number of halogens is 2. The van der Waals surface area contributed by atoms with E-state index in [4.69, 9.17) is 21.8 Å². The number of benzene rings is 1. The van der Waals surface area contributed by atoms with E-state index in [1.807, 2.05) is 0 Å². The van der Waals surface area contributed by atoms with E-state index in [9.17, 15) is 4.39 Å². The van der Waals surface area contributed by atoms with Crippen LogP contribution >= 0.6 is 11.6 Å². The van der Waals surface area contributed by atoms with Crippen molar-refractivity contribution in [2.24, 2.45) is 0 Å². The van der Waals surface area contributed by atoms with Crippen molar-refractivity contribution >= 4 is 29.1 Å². The average Bonchev–Trinajstić information content (AvgIpc) is 2.91. The van der Waals surface area contributed by atoms with Crippen LogP contribution in [0.1, 0.15) is 5.76 Å². The molecular formula is C14H11ClFN5O. The molecule has 0 atom stereocenters. The SMILES string of the molecule is Cc1cnc(-c2cccc(F)c2Nc2nc(N)ncc2Cl)o1. The number of nitrogens with one attached hydrogen (secondary N) is 1. The summed E-state index contributed by atoms with van der Waals surface area (Å²) >= 11 is 6.00. The standard InChI is InChI=1S/C14H11ClFN5O/c1-7-5-18-13(22-7)8-3-2-4-10(16)11(8)20-12-9(15)6-19-14(17)21-12/h2-6H,1H3,(H3,17,19,20,21). The molecule has 1 aromatic carbocycles. The highest BCUT2D eigenvalue weighted by atomic mass is 35.5. The second-order valence-electron chi connectivity index (χ2n) is 4.49. The normalized spacial score (nSPS) is 10.7. The number of hydrogen-bond donors (Lipinski definition) is 2. The number of nitrogen functional groups attached to an aromatic ring is 1. The van der Waals surface area contributed by atoms with Gasteiger partial charge >= 0.3 is 0 Å². The fourth-order valence-electron chi connectivity index (χ4n) is 1.90. The van der Waals surface area contributed by atoms with E-state index in [0.717, 1.165) is 0 Å². The van der Waals surface area contributed by atoms with Gasteiger partial charge in [-0.2, -0.15) is 4.98 Å². The van der Waals surface area contributed by atoms with Crippen molar-refractivity contribution in [3.63, 3.8) is 0 Å². The summed E-state index contributed by atoms with van der Waals surface area (Å²) in [5, 5.41) is 3.03. The van der Waals surface area contributed by atoms with E-state index >= 15 is 0 Å². The van der Waals surface area contributed by atoms with E-state index in [1.54, 1.807) is 25.3 Å². The maximum Gasteiger partial charge on any atom is 0.228 e. The minimum absolute atomic E-state index is 0.0248. The number of rotatable bonds is 3. The van der Waals surface area contributed by atoms with Crippen LogP contribution in [0.3, 0.4) is 0 Å². The van der Waals surface area contributed by atoms with E-state index in [1.165, 1.54) is 12.3 Å². The molecule has 3 N–H and O–H groups in total. The lowest BCUT2D eigenvalue weighted by molar-refractivity contribution is 0.542. The Bertz CT molecular complexity index is 836. The van der Waals surface area contributed by atoms with Gasteiger partial charge in [0, 0.05) is 0 Å². The molecule has 2 heterocycles. The van der Waals surface area contributed by atoms with Gasteiger partial charge in [-0.05, 0) is 19.1 Å². The number of nitrogens with two attached hydrogens (primary N) is 1. The molecule has 0 fully saturated rings. The predicted molar refractivity (Wildman–Crippen MR) is 81.4 cm³/mol. The molecule has 0 saturated heterocycles. The molecule has 3 rings (SSSR count). The highest BCUT2D eigenvalue weighted by Gasteiger charge is 2.16. The molecule has 8 heteroatoms. The van der Waals surface area contributed by atoms with Gasteiger partial charge in [-0.15, -0.1) is 0 Å². The topological polar surface area (TPSA) is 89.9 Å². The summed E-state index contributed by atoms with van der Waals surface area (Å²) in [7, 11) is 0. The molecule has 112 valence electrons. The molecule has 0 radical (unpaired) electrons. The zero-order valence-corrected chi connectivity index (χ0v) is 12.2. The summed E-state index contributed by atoms with van der Waals surface area (Å²) in [5.74, 6) is 0.634. The molecule has 0 bridgehead atoms. The number of oxazole rings is 1. The van der Waals surface area contributed by atoms with Gasteiger partial charge in [-0.25, -0.2) is 14.4 Å². The van der Waals surface area contributed by atoms with Gasteiger partial charge in [0.15, 0.2) is 5.82 Å². The molecular weight excluding hydrogens is 309 g/mol. The van der Waals surface area contributed by atoms with Crippen LogP contribution in [0.25, 0.3) is 11.5 Å². The van der Waals surface area contributed by atoms with E-state index in [2.05, 4.69) is 20.3 Å². The molecule has 0 unspecified atom stereocenters. The molecule has 22 heavy (non-hydrogen) atoms. The number of aromatic nitrogens is 3. The number of nitrogens with zero attached hydrogens (tertiary/aromatic N) is 3. The summed E-state index contributed by atoms with van der Waals surface area (Å²) in [6.45, 7) is 1.75. The Hall–Kier alpha value is -2.67. The first-order chi connectivity index (χ1) is 10.5. The average molecular weight is 320 g/mol. The van der Waals surface area contributed by atoms with Crippen molar-refractivity contribution in [2.45, 2.75) is 6.92 Å². The Morgan fingerprint density at radius 2 is 2.09 bits per heavy atom. The highest BCUT2D eigenvalue weighted by Crippen LogP contribution is 2.33. The molecule has 3 aromatic rings. The Labute approximate surface area is 130 Å². The molecule has 0 aliphatic rings. The second-order valence-corrected chi connectivity index (χ2v) is 4.90. The number of aryl methyl sites for hydroxylation is 1. The van der Waals surface area contributed by atoms with Crippen LogP contribution in [-0.2, 0) is 0 Å². The monoisotopic (exact) mass is 319 g/mol. The van der Waals surface area contributed by atoms with Gasteiger partial charge in [0.05, 0.1) is 23.6 Å². The van der Waals surface area contributed by atoms with Crippen molar-refractivity contribution in [3.8, 4) is 11.5 Å². The van der Waals surface area contributed by atoms with Crippen molar-refractivity contribution in [1.82, 2.24) is 15.0 Å². The summed E-state index contributed by atoms with van der Waals surface area (Å²) in [6, 6.07) is 4.54. The third kappa shape index (κ3) is 2.71. The predicted octanol–water partition coefficient (Wildman–Crippen LogP) is 3.56. The lowest BCUT2D eigenvalue weighted by atomic mass is 10.1. The zero-order chi connectivity index (χ0) is 15.7. The van der Waals surface area contributed by atoms with Crippen LogP contribution in [0.2, 0.25) is 5.02 Å². The second kappa shape index (κ2) is 5.61. The van der Waals surface area contributed by atoms with Crippen molar-refractivity contribution in [3.05, 3.63) is 47.2 Å². The van der Waals surface area contributed by atoms with Crippen LogP contribution in [0.4, 0.5) is 21.8 Å². The smallest absolute Gasteiger partial charge is 0.228 e. The minimum atomic E-state index is -0.499. The number of hydrogen-bond acceptors (Lipinski definition) is 6. The van der Waals surface area contributed by atoms with Crippen molar-refractivity contribution in [1.29, 1.82) is 0 Å². The van der Waals surface area contributed by atoms with Gasteiger partial charge in [-0.3, -0.25) is 0 Å². The third-order valence-electron chi connectivity index (χ3n) is 2.87. The molecule has 0 aliphatic carbocycles. The van der Waals surface area contributed by atoms with Gasteiger partial charge in [0.2, 0.25) is 11.8 Å². The van der Waals surface area contributed by atoms with Crippen LogP contribution in [0.15, 0.2) is 35.0 Å². The third-order valence-corrected chi connectivity index (χ3v) is 3.15. The minimum Gasteiger partial charge on any atom is -0.441 e. The Kier molecular flexibility index (Phi) is 3.64. The first kappa shape index (κ1) is 14.3. The lowest BCUT2D eigenvalue weighted by Crippen LogP contribution is -2.03. The Morgan fingerprint density at radius 1 is 1.27 bits per heavy atom. The van der Waals surface area contributed by atoms with Gasteiger partial charge in [0.25, 0.3) is 0 Å². The molecule has 6 nitrogen and oxygen atoms in total. The Balaban J connectivity index is 2.08. The summed E-state index contributed by atoms with van der Waals surface area (Å²) in [5.41, 5.74) is 6.11. The summed E-state index contributed by atoms with van der Waals surface area (Å²) in [6.07, 6.45) is 2.89. The molecule has 0 aliphatic heterocycles. The van der Waals surface area contributed by atoms with Gasteiger partial charge in [0.1, 0.15) is 16.6 Å². The molecule has 0 amide bonds. The fourth-order valence-corrected chi connectivity index (χ4v) is 2.03. The zero-order valence-electron chi connectivity index (χ0n) is 11.5. The van der Waals surface area contributed by atoms with Gasteiger partial charge < -0.3 is 15.5 Å². The largest absolute Gasteiger partial charge is 0.441 e. The van der Waals surface area contributed by atoms with E-state index in [0.29, 0.717) is 11.3 Å².